The fourth-order valence-corrected chi connectivity index (χ4v) is 1.22. The number of alkyl halides is 2. The zero-order valence-electron chi connectivity index (χ0n) is 9.75. The summed E-state index contributed by atoms with van der Waals surface area (Å²) < 4.78 is 0. The maximum absolute atomic E-state index is 10.3. The molecule has 1 aromatic rings. The first kappa shape index (κ1) is 16.2. The monoisotopic (exact) mass is 277 g/mol. The molecule has 0 amide bonds. The van der Waals surface area contributed by atoms with Gasteiger partial charge in [-0.15, -0.1) is 23.2 Å². The molecule has 17 heavy (non-hydrogen) atoms. The molecule has 0 radical (unpaired) electrons. The van der Waals surface area contributed by atoms with Crippen LogP contribution in [-0.4, -0.2) is 35.9 Å². The number of carboxylic acids is 1. The van der Waals surface area contributed by atoms with Crippen molar-refractivity contribution >= 4 is 29.2 Å². The number of benzene rings is 1. The molecule has 0 unspecified atom stereocenters. The second-order valence-corrected chi connectivity index (χ2v) is 4.06. The number of aromatic carboxylic acids is 1. The third-order valence-electron chi connectivity index (χ3n) is 1.84. The van der Waals surface area contributed by atoms with Gasteiger partial charge < -0.3 is 10.4 Å². The van der Waals surface area contributed by atoms with Gasteiger partial charge in [-0.05, 0) is 19.1 Å². The van der Waals surface area contributed by atoms with Crippen molar-refractivity contribution in [3.8, 4) is 0 Å². The molecule has 1 aromatic carbocycles. The first-order valence-corrected chi connectivity index (χ1v) is 6.31. The van der Waals surface area contributed by atoms with Crippen LogP contribution in [0.2, 0.25) is 0 Å². The molecule has 0 saturated carbocycles. The molecule has 3 nitrogen and oxygen atoms in total. The minimum atomic E-state index is -0.875. The zero-order chi connectivity index (χ0) is 13.1. The van der Waals surface area contributed by atoms with Crippen LogP contribution in [0.25, 0.3) is 0 Å². The molecule has 0 fully saturated rings. The van der Waals surface area contributed by atoms with Crippen LogP contribution in [-0.2, 0) is 0 Å². The number of aryl methyl sites for hydroxylation is 1. The minimum absolute atomic E-state index is 0.339. The highest BCUT2D eigenvalue weighted by Crippen LogP contribution is 2.01. The molecule has 96 valence electrons. The van der Waals surface area contributed by atoms with Crippen molar-refractivity contribution in [1.29, 1.82) is 0 Å². The van der Waals surface area contributed by atoms with E-state index in [4.69, 9.17) is 28.3 Å². The van der Waals surface area contributed by atoms with Crippen LogP contribution in [0, 0.1) is 6.92 Å². The number of hydrogen-bond donors (Lipinski definition) is 2. The Hall–Kier alpha value is -0.770. The second-order valence-electron chi connectivity index (χ2n) is 3.30. The Bertz CT molecular complexity index is 311. The Labute approximate surface area is 112 Å². The summed E-state index contributed by atoms with van der Waals surface area (Å²) >= 11 is 10.7. The van der Waals surface area contributed by atoms with Crippen LogP contribution >= 0.6 is 23.2 Å². The molecule has 2 N–H and O–H groups in total. The molecule has 0 aliphatic heterocycles. The van der Waals surface area contributed by atoms with Crippen molar-refractivity contribution in [3.05, 3.63) is 35.4 Å². The SMILES string of the molecule is Cc1ccc(C(=O)O)cc1.ClCCNCCCl. The van der Waals surface area contributed by atoms with Crippen molar-refractivity contribution in [2.45, 2.75) is 6.92 Å². The maximum Gasteiger partial charge on any atom is 0.335 e. The summed E-state index contributed by atoms with van der Waals surface area (Å²) in [5.74, 6) is 0.452. The fraction of sp³-hybridized carbons (Fsp3) is 0.417. The van der Waals surface area contributed by atoms with E-state index in [1.807, 2.05) is 6.92 Å². The van der Waals surface area contributed by atoms with E-state index < -0.39 is 5.97 Å². The quantitative estimate of drug-likeness (QED) is 0.643. The van der Waals surface area contributed by atoms with E-state index in [1.165, 1.54) is 0 Å². The van der Waals surface area contributed by atoms with Gasteiger partial charge in [0.1, 0.15) is 0 Å². The number of nitrogens with one attached hydrogen (secondary N) is 1. The summed E-state index contributed by atoms with van der Waals surface area (Å²) in [5, 5.41) is 11.5. The molecule has 0 saturated heterocycles. The molecule has 0 aliphatic rings. The lowest BCUT2D eigenvalue weighted by atomic mass is 10.2. The van der Waals surface area contributed by atoms with Gasteiger partial charge in [0, 0.05) is 24.8 Å². The van der Waals surface area contributed by atoms with Crippen LogP contribution < -0.4 is 5.32 Å². The highest BCUT2D eigenvalue weighted by atomic mass is 35.5. The van der Waals surface area contributed by atoms with Gasteiger partial charge >= 0.3 is 5.97 Å². The van der Waals surface area contributed by atoms with Gasteiger partial charge in [0.05, 0.1) is 5.56 Å². The Morgan fingerprint density at radius 3 is 2.00 bits per heavy atom. The Morgan fingerprint density at radius 1 is 1.18 bits per heavy atom. The van der Waals surface area contributed by atoms with Gasteiger partial charge in [-0.1, -0.05) is 17.7 Å². The van der Waals surface area contributed by atoms with Gasteiger partial charge in [0.2, 0.25) is 0 Å². The van der Waals surface area contributed by atoms with Crippen LogP contribution in [0.5, 0.6) is 0 Å². The molecule has 5 heteroatoms. The molecule has 0 atom stereocenters. The number of rotatable bonds is 5. The summed E-state index contributed by atoms with van der Waals surface area (Å²) in [6.45, 7) is 3.63. The van der Waals surface area contributed by atoms with Crippen molar-refractivity contribution < 1.29 is 9.90 Å². The third kappa shape index (κ3) is 8.98. The molecule has 0 heterocycles. The lowest BCUT2D eigenvalue weighted by Gasteiger charge is -1.93. The normalized spacial score (nSPS) is 9.35. The summed E-state index contributed by atoms with van der Waals surface area (Å²) in [7, 11) is 0. The van der Waals surface area contributed by atoms with Crippen LogP contribution in [0.3, 0.4) is 0 Å². The predicted molar refractivity (Wildman–Crippen MR) is 72.4 cm³/mol. The second kappa shape index (κ2) is 10.4. The number of hydrogen-bond acceptors (Lipinski definition) is 2. The smallest absolute Gasteiger partial charge is 0.335 e. The van der Waals surface area contributed by atoms with Gasteiger partial charge in [-0.25, -0.2) is 4.79 Å². The Kier molecular flexibility index (Phi) is 9.92. The molecule has 0 aromatic heterocycles. The lowest BCUT2D eigenvalue weighted by molar-refractivity contribution is 0.0697. The number of carboxylic acid groups (broad SMARTS) is 1. The van der Waals surface area contributed by atoms with E-state index in [9.17, 15) is 4.79 Å². The number of halogens is 2. The molecule has 0 bridgehead atoms. The average Bonchev–Trinajstić information content (AvgIpc) is 2.31. The van der Waals surface area contributed by atoms with Gasteiger partial charge in [0.25, 0.3) is 0 Å². The Morgan fingerprint density at radius 2 is 1.65 bits per heavy atom. The third-order valence-corrected chi connectivity index (χ3v) is 2.22. The lowest BCUT2D eigenvalue weighted by Crippen LogP contribution is -2.18. The maximum atomic E-state index is 10.3. The Balaban J connectivity index is 0.000000325. The molecular formula is C12H17Cl2NO2. The number of carbonyl (C=O) groups is 1. The van der Waals surface area contributed by atoms with Crippen LogP contribution in [0.15, 0.2) is 24.3 Å². The van der Waals surface area contributed by atoms with E-state index in [2.05, 4.69) is 5.32 Å². The van der Waals surface area contributed by atoms with E-state index in [0.717, 1.165) is 18.7 Å². The minimum Gasteiger partial charge on any atom is -0.478 e. The van der Waals surface area contributed by atoms with Crippen molar-refractivity contribution in [2.24, 2.45) is 0 Å². The van der Waals surface area contributed by atoms with Crippen molar-refractivity contribution in [1.82, 2.24) is 5.32 Å². The van der Waals surface area contributed by atoms with E-state index >= 15 is 0 Å². The van der Waals surface area contributed by atoms with E-state index in [0.29, 0.717) is 17.3 Å². The topological polar surface area (TPSA) is 49.3 Å². The first-order valence-electron chi connectivity index (χ1n) is 5.24. The van der Waals surface area contributed by atoms with Crippen LogP contribution in [0.1, 0.15) is 15.9 Å². The van der Waals surface area contributed by atoms with E-state index in [-0.39, 0.29) is 0 Å². The summed E-state index contributed by atoms with van der Waals surface area (Å²) in [4.78, 5) is 10.3. The van der Waals surface area contributed by atoms with Gasteiger partial charge in [-0.2, -0.15) is 0 Å². The predicted octanol–water partition coefficient (Wildman–Crippen LogP) is 2.75. The molecule has 1 rings (SSSR count). The average molecular weight is 278 g/mol. The summed E-state index contributed by atoms with van der Waals surface area (Å²) in [6, 6.07) is 6.75. The molecule has 0 aliphatic carbocycles. The zero-order valence-corrected chi connectivity index (χ0v) is 11.3. The summed E-state index contributed by atoms with van der Waals surface area (Å²) in [5.41, 5.74) is 1.41. The van der Waals surface area contributed by atoms with Gasteiger partial charge in [-0.3, -0.25) is 0 Å². The van der Waals surface area contributed by atoms with Crippen LogP contribution in [0.4, 0.5) is 0 Å². The summed E-state index contributed by atoms with van der Waals surface area (Å²) in [6.07, 6.45) is 0. The molecule has 0 spiro atoms. The standard InChI is InChI=1S/C8H8O2.C4H9Cl2N/c1-6-2-4-7(5-3-6)8(9)10;5-1-3-7-4-2-6/h2-5H,1H3,(H,9,10);7H,1-4H2. The van der Waals surface area contributed by atoms with Crippen molar-refractivity contribution in [3.63, 3.8) is 0 Å². The van der Waals surface area contributed by atoms with Crippen molar-refractivity contribution in [2.75, 3.05) is 24.8 Å². The first-order chi connectivity index (χ1) is 8.11. The largest absolute Gasteiger partial charge is 0.478 e. The molecular weight excluding hydrogens is 261 g/mol. The highest BCUT2D eigenvalue weighted by molar-refractivity contribution is 6.18. The van der Waals surface area contributed by atoms with E-state index in [1.54, 1.807) is 24.3 Å². The highest BCUT2D eigenvalue weighted by Gasteiger charge is 1.98. The van der Waals surface area contributed by atoms with Gasteiger partial charge in [0.15, 0.2) is 0 Å². The fourth-order valence-electron chi connectivity index (χ4n) is 0.955.